The van der Waals surface area contributed by atoms with Gasteiger partial charge in [0.1, 0.15) is 5.03 Å². The summed E-state index contributed by atoms with van der Waals surface area (Å²) in [6.07, 6.45) is 0. The van der Waals surface area contributed by atoms with Crippen molar-refractivity contribution in [2.24, 2.45) is 4.99 Å². The summed E-state index contributed by atoms with van der Waals surface area (Å²) in [7, 11) is 0. The molecule has 0 unspecified atom stereocenters. The second-order valence-electron chi connectivity index (χ2n) is 5.14. The Labute approximate surface area is 138 Å². The zero-order valence-corrected chi connectivity index (χ0v) is 13.3. The van der Waals surface area contributed by atoms with Gasteiger partial charge >= 0.3 is 5.97 Å². The third kappa shape index (κ3) is 2.33. The van der Waals surface area contributed by atoms with Crippen molar-refractivity contribution in [3.63, 3.8) is 0 Å². The van der Waals surface area contributed by atoms with Crippen molar-refractivity contribution >= 4 is 29.3 Å². The number of esters is 1. The second kappa shape index (κ2) is 5.59. The molecule has 0 saturated carbocycles. The van der Waals surface area contributed by atoms with Crippen LogP contribution in [-0.2, 0) is 9.53 Å². The SMILES string of the molecule is CCN1/C(=C2\N=C(c3ccccc3)OC2=O)Sc2ccccc21. The third-order valence-corrected chi connectivity index (χ3v) is 4.92. The lowest BCUT2D eigenvalue weighted by Gasteiger charge is -2.17. The Morgan fingerprint density at radius 2 is 1.83 bits per heavy atom. The lowest BCUT2D eigenvalue weighted by molar-refractivity contribution is -0.130. The smallest absolute Gasteiger partial charge is 0.366 e. The number of fused-ring (bicyclic) bond motifs is 1. The molecule has 0 amide bonds. The summed E-state index contributed by atoms with van der Waals surface area (Å²) in [6, 6.07) is 17.6. The Balaban J connectivity index is 1.79. The van der Waals surface area contributed by atoms with Gasteiger partial charge in [-0.1, -0.05) is 42.1 Å². The number of carbonyl (C=O) groups is 1. The summed E-state index contributed by atoms with van der Waals surface area (Å²) in [5.74, 6) is -0.0247. The quantitative estimate of drug-likeness (QED) is 0.623. The number of hydrogen-bond acceptors (Lipinski definition) is 5. The molecule has 2 aliphatic rings. The standard InChI is InChI=1S/C18H14N2O2S/c1-2-20-13-10-6-7-11-14(13)23-17(20)15-18(21)22-16(19-15)12-8-4-3-5-9-12/h3-11H,2H2,1H3/b17-15+. The number of para-hydroxylation sites is 1. The largest absolute Gasteiger partial charge is 0.402 e. The molecule has 0 atom stereocenters. The van der Waals surface area contributed by atoms with E-state index in [1.807, 2.05) is 42.5 Å². The summed E-state index contributed by atoms with van der Waals surface area (Å²) in [5.41, 5.74) is 2.30. The topological polar surface area (TPSA) is 41.9 Å². The molecule has 114 valence electrons. The Kier molecular flexibility index (Phi) is 3.42. The number of aliphatic imine (C=N–C) groups is 1. The lowest BCUT2D eigenvalue weighted by Crippen LogP contribution is -2.19. The van der Waals surface area contributed by atoms with Crippen LogP contribution in [0.15, 0.2) is 75.2 Å². The molecule has 0 spiro atoms. The van der Waals surface area contributed by atoms with Crippen molar-refractivity contribution in [2.45, 2.75) is 11.8 Å². The van der Waals surface area contributed by atoms with E-state index in [2.05, 4.69) is 28.9 Å². The fraction of sp³-hybridized carbons (Fsp3) is 0.111. The van der Waals surface area contributed by atoms with Crippen LogP contribution in [-0.4, -0.2) is 18.4 Å². The van der Waals surface area contributed by atoms with Gasteiger partial charge in [0.2, 0.25) is 5.90 Å². The van der Waals surface area contributed by atoms with Gasteiger partial charge in [0, 0.05) is 17.0 Å². The van der Waals surface area contributed by atoms with Crippen LogP contribution >= 0.6 is 11.8 Å². The highest BCUT2D eigenvalue weighted by molar-refractivity contribution is 8.03. The number of rotatable bonds is 2. The first-order valence-electron chi connectivity index (χ1n) is 7.43. The number of nitrogens with zero attached hydrogens (tertiary/aromatic N) is 2. The maximum atomic E-state index is 12.3. The molecular formula is C18H14N2O2S. The van der Waals surface area contributed by atoms with Crippen molar-refractivity contribution < 1.29 is 9.53 Å². The van der Waals surface area contributed by atoms with Crippen molar-refractivity contribution in [1.29, 1.82) is 0 Å². The third-order valence-electron chi connectivity index (χ3n) is 3.74. The summed E-state index contributed by atoms with van der Waals surface area (Å²) in [6.45, 7) is 2.83. The van der Waals surface area contributed by atoms with Crippen LogP contribution in [0.3, 0.4) is 0 Å². The molecule has 2 aromatic carbocycles. The molecule has 2 heterocycles. The fourth-order valence-electron chi connectivity index (χ4n) is 2.67. The van der Waals surface area contributed by atoms with Crippen LogP contribution in [0.4, 0.5) is 5.69 Å². The van der Waals surface area contributed by atoms with Crippen LogP contribution in [0.25, 0.3) is 0 Å². The minimum Gasteiger partial charge on any atom is -0.402 e. The van der Waals surface area contributed by atoms with Crippen LogP contribution < -0.4 is 4.90 Å². The zero-order valence-electron chi connectivity index (χ0n) is 12.5. The van der Waals surface area contributed by atoms with Crippen molar-refractivity contribution in [3.05, 3.63) is 70.9 Å². The molecule has 0 fully saturated rings. The first-order chi connectivity index (χ1) is 11.3. The zero-order chi connectivity index (χ0) is 15.8. The van der Waals surface area contributed by atoms with Crippen molar-refractivity contribution in [3.8, 4) is 0 Å². The van der Waals surface area contributed by atoms with Crippen molar-refractivity contribution in [1.82, 2.24) is 0 Å². The van der Waals surface area contributed by atoms with E-state index in [4.69, 9.17) is 4.74 Å². The fourth-order valence-corrected chi connectivity index (χ4v) is 3.87. The summed E-state index contributed by atoms with van der Waals surface area (Å²) in [4.78, 5) is 20.0. The molecule has 0 N–H and O–H groups in total. The van der Waals surface area contributed by atoms with Gasteiger partial charge in [-0.2, -0.15) is 0 Å². The Bertz CT molecular complexity index is 843. The molecule has 0 aromatic heterocycles. The molecule has 2 aliphatic heterocycles. The molecular weight excluding hydrogens is 308 g/mol. The van der Waals surface area contributed by atoms with E-state index in [0.29, 0.717) is 11.6 Å². The molecule has 23 heavy (non-hydrogen) atoms. The van der Waals surface area contributed by atoms with E-state index >= 15 is 0 Å². The van der Waals surface area contributed by atoms with Crippen LogP contribution in [0, 0.1) is 0 Å². The first kappa shape index (κ1) is 14.1. The molecule has 0 radical (unpaired) electrons. The number of benzene rings is 2. The highest BCUT2D eigenvalue weighted by Gasteiger charge is 2.34. The normalized spacial score (nSPS) is 19.6. The van der Waals surface area contributed by atoms with Crippen LogP contribution in [0.5, 0.6) is 0 Å². The lowest BCUT2D eigenvalue weighted by atomic mass is 10.2. The van der Waals surface area contributed by atoms with Gasteiger partial charge in [0.25, 0.3) is 0 Å². The monoisotopic (exact) mass is 322 g/mol. The van der Waals surface area contributed by atoms with Crippen molar-refractivity contribution in [2.75, 3.05) is 11.4 Å². The Morgan fingerprint density at radius 3 is 2.61 bits per heavy atom. The van der Waals surface area contributed by atoms with E-state index in [1.165, 1.54) is 0 Å². The maximum Gasteiger partial charge on any atom is 0.366 e. The number of carbonyl (C=O) groups excluding carboxylic acids is 1. The van der Waals surface area contributed by atoms with Gasteiger partial charge in [-0.05, 0) is 31.2 Å². The Morgan fingerprint density at radius 1 is 1.09 bits per heavy atom. The number of anilines is 1. The molecule has 2 aromatic rings. The van der Waals surface area contributed by atoms with Crippen LogP contribution in [0.1, 0.15) is 12.5 Å². The molecule has 4 rings (SSSR count). The average molecular weight is 322 g/mol. The maximum absolute atomic E-state index is 12.3. The van der Waals surface area contributed by atoms with E-state index in [0.717, 1.165) is 27.7 Å². The average Bonchev–Trinajstić information content (AvgIpc) is 3.15. The van der Waals surface area contributed by atoms with Crippen LogP contribution in [0.2, 0.25) is 0 Å². The summed E-state index contributed by atoms with van der Waals surface area (Å²) >= 11 is 1.56. The number of ether oxygens (including phenoxy) is 1. The van der Waals surface area contributed by atoms with Gasteiger partial charge in [0.05, 0.1) is 5.69 Å². The molecule has 0 saturated heterocycles. The van der Waals surface area contributed by atoms with Gasteiger partial charge in [-0.15, -0.1) is 0 Å². The second-order valence-corrected chi connectivity index (χ2v) is 6.17. The van der Waals surface area contributed by atoms with E-state index < -0.39 is 5.97 Å². The predicted molar refractivity (Wildman–Crippen MR) is 91.4 cm³/mol. The highest BCUT2D eigenvalue weighted by atomic mass is 32.2. The molecule has 0 aliphatic carbocycles. The van der Waals surface area contributed by atoms with Gasteiger partial charge in [0.15, 0.2) is 5.70 Å². The van der Waals surface area contributed by atoms with Gasteiger partial charge < -0.3 is 9.64 Å². The predicted octanol–water partition coefficient (Wildman–Crippen LogP) is 3.79. The minimum atomic E-state index is -0.391. The number of cyclic esters (lactones) is 1. The van der Waals surface area contributed by atoms with E-state index in [1.54, 1.807) is 11.8 Å². The van der Waals surface area contributed by atoms with Gasteiger partial charge in [-0.3, -0.25) is 0 Å². The number of thioether (sulfide) groups is 1. The molecule has 4 nitrogen and oxygen atoms in total. The number of hydrogen-bond donors (Lipinski definition) is 0. The highest BCUT2D eigenvalue weighted by Crippen LogP contribution is 2.47. The van der Waals surface area contributed by atoms with E-state index in [-0.39, 0.29) is 0 Å². The Hall–Kier alpha value is -2.53. The first-order valence-corrected chi connectivity index (χ1v) is 8.24. The van der Waals surface area contributed by atoms with E-state index in [9.17, 15) is 4.79 Å². The minimum absolute atomic E-state index is 0.366. The molecule has 0 bridgehead atoms. The van der Waals surface area contributed by atoms with Gasteiger partial charge in [-0.25, -0.2) is 9.79 Å². The summed E-state index contributed by atoms with van der Waals surface area (Å²) in [5, 5.41) is 0.838. The molecule has 5 heteroatoms. The summed E-state index contributed by atoms with van der Waals surface area (Å²) < 4.78 is 5.38.